The van der Waals surface area contributed by atoms with Crippen LogP contribution in [0.2, 0.25) is 0 Å². The maximum Gasteiger partial charge on any atom is 0.321 e. The third-order valence-corrected chi connectivity index (χ3v) is 4.34. The molecule has 27 heavy (non-hydrogen) atoms. The Morgan fingerprint density at radius 2 is 1.81 bits per heavy atom. The molecule has 0 spiro atoms. The van der Waals surface area contributed by atoms with E-state index in [9.17, 15) is 23.9 Å². The summed E-state index contributed by atoms with van der Waals surface area (Å²) in [6.07, 6.45) is 0. The molecule has 2 atom stereocenters. The van der Waals surface area contributed by atoms with E-state index in [2.05, 4.69) is 0 Å². The molecule has 2 unspecified atom stereocenters. The quantitative estimate of drug-likeness (QED) is 0.183. The lowest BCUT2D eigenvalue weighted by atomic mass is 9.89. The van der Waals surface area contributed by atoms with Gasteiger partial charge in [-0.1, -0.05) is 42.5 Å². The number of ketones is 1. The maximum absolute atomic E-state index is 12.9. The topological polar surface area (TPSA) is 124 Å². The number of para-hydroxylation sites is 1. The molecule has 0 aliphatic carbocycles. The van der Waals surface area contributed by atoms with E-state index in [4.69, 9.17) is 9.29 Å². The number of Topliss-reactive ketones (excluding diaryl/α,β-unsaturated/α-hetero) is 1. The van der Waals surface area contributed by atoms with E-state index < -0.39 is 33.7 Å². The summed E-state index contributed by atoms with van der Waals surface area (Å²) in [4.78, 5) is 36.0. The van der Waals surface area contributed by atoms with E-state index >= 15 is 0 Å². The van der Waals surface area contributed by atoms with Gasteiger partial charge in [0.15, 0.2) is 22.8 Å². The summed E-state index contributed by atoms with van der Waals surface area (Å²) >= 11 is -2.02. The van der Waals surface area contributed by atoms with Gasteiger partial charge in [-0.2, -0.15) is 0 Å². The van der Waals surface area contributed by atoms with E-state index in [0.29, 0.717) is 5.56 Å². The Labute approximate surface area is 157 Å². The van der Waals surface area contributed by atoms with E-state index in [1.807, 2.05) is 0 Å². The smallest absolute Gasteiger partial charge is 0.321 e. The zero-order valence-corrected chi connectivity index (χ0v) is 15.2. The van der Waals surface area contributed by atoms with Crippen LogP contribution in [0.4, 0.5) is 5.69 Å². The molecular formula is C18H17NO7S. The molecule has 0 saturated heterocycles. The number of esters is 1. The van der Waals surface area contributed by atoms with Crippen molar-refractivity contribution in [1.29, 1.82) is 0 Å². The Morgan fingerprint density at radius 3 is 2.37 bits per heavy atom. The third kappa shape index (κ3) is 5.05. The first kappa shape index (κ1) is 20.4. The summed E-state index contributed by atoms with van der Waals surface area (Å²) in [5.41, 5.74) is 0.270. The van der Waals surface area contributed by atoms with Gasteiger partial charge < -0.3 is 9.29 Å². The number of nitro groups is 1. The molecular weight excluding hydrogens is 374 g/mol. The Kier molecular flexibility index (Phi) is 6.91. The predicted octanol–water partition coefficient (Wildman–Crippen LogP) is 2.85. The minimum absolute atomic E-state index is 0.0183. The van der Waals surface area contributed by atoms with E-state index in [-0.39, 0.29) is 29.2 Å². The Morgan fingerprint density at radius 1 is 1.19 bits per heavy atom. The monoisotopic (exact) mass is 391 g/mol. The highest BCUT2D eigenvalue weighted by atomic mass is 32.2. The number of nitro benzene ring substituents is 1. The Hall–Kier alpha value is -2.91. The highest BCUT2D eigenvalue weighted by Crippen LogP contribution is 2.30. The van der Waals surface area contributed by atoms with Crippen molar-refractivity contribution in [2.45, 2.75) is 18.6 Å². The molecule has 9 heteroatoms. The molecule has 0 heterocycles. The molecule has 0 fully saturated rings. The van der Waals surface area contributed by atoms with Crippen LogP contribution in [-0.2, 0) is 26.4 Å². The summed E-state index contributed by atoms with van der Waals surface area (Å²) in [6.45, 7) is 1.59. The molecule has 0 radical (unpaired) electrons. The van der Waals surface area contributed by atoms with E-state index in [1.165, 1.54) is 48.5 Å². The summed E-state index contributed by atoms with van der Waals surface area (Å²) in [5.74, 6) is -3.11. The summed E-state index contributed by atoms with van der Waals surface area (Å²) < 4.78 is 24.7. The lowest BCUT2D eigenvalue weighted by molar-refractivity contribution is -0.385. The van der Waals surface area contributed by atoms with Crippen LogP contribution in [0.5, 0.6) is 0 Å². The first-order valence-corrected chi connectivity index (χ1v) is 9.23. The number of rotatable bonds is 8. The predicted molar refractivity (Wildman–Crippen MR) is 97.7 cm³/mol. The average Bonchev–Trinajstić information content (AvgIpc) is 2.62. The molecule has 0 aliphatic heterocycles. The molecule has 2 rings (SSSR count). The fourth-order valence-corrected chi connectivity index (χ4v) is 3.05. The van der Waals surface area contributed by atoms with Crippen molar-refractivity contribution in [3.63, 3.8) is 0 Å². The number of carbonyl (C=O) groups excluding carboxylic acids is 2. The van der Waals surface area contributed by atoms with Crippen molar-refractivity contribution in [3.05, 3.63) is 75.3 Å². The molecule has 2 aromatic carbocycles. The van der Waals surface area contributed by atoms with Crippen molar-refractivity contribution < 1.29 is 28.0 Å². The third-order valence-electron chi connectivity index (χ3n) is 3.76. The minimum atomic E-state index is -2.02. The Balaban J connectivity index is 2.46. The maximum atomic E-state index is 12.9. The molecule has 8 nitrogen and oxygen atoms in total. The molecule has 1 N–H and O–H groups in total. The van der Waals surface area contributed by atoms with Gasteiger partial charge >= 0.3 is 5.97 Å². The number of benzene rings is 2. The standard InChI is InChI=1S/C18H17NO7S/c1-2-26-18(21)16(14-5-3-4-6-15(14)19(22)23)17(20)13-9-7-12(8-10-13)11-27(24)25/h3-10,16H,2,11H2,1H3,(H,24,25). The lowest BCUT2D eigenvalue weighted by Crippen LogP contribution is -2.25. The van der Waals surface area contributed by atoms with Crippen molar-refractivity contribution in [2.24, 2.45) is 0 Å². The van der Waals surface area contributed by atoms with Gasteiger partial charge in [0.25, 0.3) is 5.69 Å². The van der Waals surface area contributed by atoms with Crippen LogP contribution in [0.25, 0.3) is 0 Å². The fourth-order valence-electron chi connectivity index (χ4n) is 2.57. The highest BCUT2D eigenvalue weighted by molar-refractivity contribution is 7.78. The molecule has 0 bridgehead atoms. The van der Waals surface area contributed by atoms with Crippen molar-refractivity contribution in [2.75, 3.05) is 6.61 Å². The first-order chi connectivity index (χ1) is 12.8. The summed E-state index contributed by atoms with van der Waals surface area (Å²) in [5, 5.41) is 11.3. The molecule has 0 aromatic heterocycles. The fraction of sp³-hybridized carbons (Fsp3) is 0.222. The van der Waals surface area contributed by atoms with Gasteiger partial charge in [0.2, 0.25) is 0 Å². The van der Waals surface area contributed by atoms with Crippen LogP contribution < -0.4 is 0 Å². The van der Waals surface area contributed by atoms with Crippen LogP contribution in [-0.4, -0.2) is 32.0 Å². The Bertz CT molecular complexity index is 880. The number of hydrogen-bond donors (Lipinski definition) is 1. The summed E-state index contributed by atoms with van der Waals surface area (Å²) in [6, 6.07) is 11.3. The van der Waals surface area contributed by atoms with Crippen LogP contribution in [0.3, 0.4) is 0 Å². The average molecular weight is 391 g/mol. The van der Waals surface area contributed by atoms with Gasteiger partial charge in [-0.3, -0.25) is 19.7 Å². The van der Waals surface area contributed by atoms with Gasteiger partial charge in [-0.25, -0.2) is 4.21 Å². The molecule has 142 valence electrons. The molecule has 0 amide bonds. The van der Waals surface area contributed by atoms with Crippen molar-refractivity contribution >= 4 is 28.5 Å². The van der Waals surface area contributed by atoms with Crippen molar-refractivity contribution in [1.82, 2.24) is 0 Å². The zero-order valence-electron chi connectivity index (χ0n) is 14.4. The highest BCUT2D eigenvalue weighted by Gasteiger charge is 2.35. The normalized spacial score (nSPS) is 12.8. The van der Waals surface area contributed by atoms with Gasteiger partial charge in [0.05, 0.1) is 22.8 Å². The number of carbonyl (C=O) groups is 2. The van der Waals surface area contributed by atoms with Gasteiger partial charge in [0.1, 0.15) is 0 Å². The molecule has 2 aromatic rings. The van der Waals surface area contributed by atoms with Crippen LogP contribution in [0.15, 0.2) is 48.5 Å². The number of hydrogen-bond acceptors (Lipinski definition) is 6. The molecule has 0 saturated carbocycles. The van der Waals surface area contributed by atoms with Gasteiger partial charge in [-0.15, -0.1) is 0 Å². The number of ether oxygens (including phenoxy) is 1. The lowest BCUT2D eigenvalue weighted by Gasteiger charge is -2.15. The van der Waals surface area contributed by atoms with Gasteiger partial charge in [-0.05, 0) is 12.5 Å². The SMILES string of the molecule is CCOC(=O)C(C(=O)c1ccc(CS(=O)O)cc1)c1ccccc1[N+](=O)[O-]. The van der Waals surface area contributed by atoms with Crippen LogP contribution in [0, 0.1) is 10.1 Å². The largest absolute Gasteiger partial charge is 0.465 e. The van der Waals surface area contributed by atoms with E-state index in [1.54, 1.807) is 6.92 Å². The van der Waals surface area contributed by atoms with Gasteiger partial charge in [0, 0.05) is 11.6 Å². The van der Waals surface area contributed by atoms with Crippen LogP contribution >= 0.6 is 0 Å². The second-order valence-corrected chi connectivity index (χ2v) is 6.46. The first-order valence-electron chi connectivity index (χ1n) is 7.95. The summed E-state index contributed by atoms with van der Waals surface area (Å²) in [7, 11) is 0. The number of nitrogens with zero attached hydrogens (tertiary/aromatic N) is 1. The van der Waals surface area contributed by atoms with Crippen molar-refractivity contribution in [3.8, 4) is 0 Å². The van der Waals surface area contributed by atoms with E-state index in [0.717, 1.165) is 0 Å². The molecule has 0 aliphatic rings. The zero-order chi connectivity index (χ0) is 20.0. The minimum Gasteiger partial charge on any atom is -0.465 e. The second-order valence-electron chi connectivity index (χ2n) is 5.53. The second kappa shape index (κ2) is 9.15. The van der Waals surface area contributed by atoms with Crippen LogP contribution in [0.1, 0.15) is 34.3 Å².